The number of carbonyl (C=O) groups excluding carboxylic acids is 1. The molecule has 0 fully saturated rings. The topological polar surface area (TPSA) is 96.8 Å². The van der Waals surface area contributed by atoms with Crippen molar-refractivity contribution >= 4 is 16.8 Å². The van der Waals surface area contributed by atoms with E-state index in [-0.39, 0.29) is 12.5 Å². The standard InChI is InChI=1S/C21H16N4O3/c26-19(23-13-15-6-4-5-11-22-15)14-9-10-17-18(12-14)24-21(28)25(20(17)27)16-7-2-1-3-8-16/h1-12H,13H2,(H,23,26)(H,24,28). The maximum atomic E-state index is 12.8. The first-order valence-electron chi connectivity index (χ1n) is 8.66. The Kier molecular flexibility index (Phi) is 4.55. The highest BCUT2D eigenvalue weighted by Crippen LogP contribution is 2.11. The van der Waals surface area contributed by atoms with E-state index in [0.717, 1.165) is 10.3 Å². The molecule has 0 aliphatic heterocycles. The third kappa shape index (κ3) is 3.33. The molecule has 0 aliphatic rings. The molecule has 0 radical (unpaired) electrons. The molecule has 2 aromatic carbocycles. The Hall–Kier alpha value is -4.00. The minimum Gasteiger partial charge on any atom is -0.346 e. The van der Waals surface area contributed by atoms with Gasteiger partial charge in [0.15, 0.2) is 0 Å². The van der Waals surface area contributed by atoms with Crippen LogP contribution in [0.4, 0.5) is 0 Å². The maximum Gasteiger partial charge on any atom is 0.333 e. The number of hydrogen-bond acceptors (Lipinski definition) is 4. The average molecular weight is 372 g/mol. The number of hydrogen-bond donors (Lipinski definition) is 2. The van der Waals surface area contributed by atoms with Crippen LogP contribution < -0.4 is 16.6 Å². The van der Waals surface area contributed by atoms with Gasteiger partial charge in [0.1, 0.15) is 0 Å². The first-order chi connectivity index (χ1) is 13.6. The number of fused-ring (bicyclic) bond motifs is 1. The summed E-state index contributed by atoms with van der Waals surface area (Å²) in [5, 5.41) is 3.09. The summed E-state index contributed by atoms with van der Waals surface area (Å²) in [4.78, 5) is 44.5. The summed E-state index contributed by atoms with van der Waals surface area (Å²) in [5.74, 6) is -0.319. The first kappa shape index (κ1) is 17.4. The molecule has 138 valence electrons. The van der Waals surface area contributed by atoms with Crippen LogP contribution in [-0.2, 0) is 6.54 Å². The Bertz CT molecular complexity index is 1260. The highest BCUT2D eigenvalue weighted by molar-refractivity contribution is 5.97. The molecule has 28 heavy (non-hydrogen) atoms. The quantitative estimate of drug-likeness (QED) is 0.573. The fraction of sp³-hybridized carbons (Fsp3) is 0.0476. The van der Waals surface area contributed by atoms with Crippen LogP contribution in [0.5, 0.6) is 0 Å². The van der Waals surface area contributed by atoms with Crippen LogP contribution in [0.15, 0.2) is 82.5 Å². The summed E-state index contributed by atoms with van der Waals surface area (Å²) >= 11 is 0. The molecule has 2 aromatic heterocycles. The third-order valence-electron chi connectivity index (χ3n) is 4.33. The van der Waals surface area contributed by atoms with Crippen LogP contribution in [0.2, 0.25) is 0 Å². The molecule has 2 N–H and O–H groups in total. The van der Waals surface area contributed by atoms with Gasteiger partial charge in [-0.05, 0) is 42.5 Å². The van der Waals surface area contributed by atoms with E-state index in [2.05, 4.69) is 15.3 Å². The lowest BCUT2D eigenvalue weighted by molar-refractivity contribution is 0.0950. The van der Waals surface area contributed by atoms with Crippen molar-refractivity contribution in [2.75, 3.05) is 0 Å². The monoisotopic (exact) mass is 372 g/mol. The van der Waals surface area contributed by atoms with Gasteiger partial charge in [0.05, 0.1) is 28.8 Å². The van der Waals surface area contributed by atoms with E-state index >= 15 is 0 Å². The number of pyridine rings is 1. The van der Waals surface area contributed by atoms with Gasteiger partial charge < -0.3 is 10.3 Å². The summed E-state index contributed by atoms with van der Waals surface area (Å²) in [5.41, 5.74) is 0.868. The predicted octanol–water partition coefficient (Wildman–Crippen LogP) is 2.00. The number of nitrogens with one attached hydrogen (secondary N) is 2. The molecule has 4 aromatic rings. The molecule has 7 nitrogen and oxygen atoms in total. The Labute approximate surface area is 159 Å². The van der Waals surface area contributed by atoms with E-state index in [1.807, 2.05) is 12.1 Å². The summed E-state index contributed by atoms with van der Waals surface area (Å²) in [6.07, 6.45) is 1.65. The number of para-hydroxylation sites is 1. The number of aromatic nitrogens is 3. The van der Waals surface area contributed by atoms with Crippen molar-refractivity contribution in [1.29, 1.82) is 0 Å². The van der Waals surface area contributed by atoms with E-state index in [1.165, 1.54) is 6.07 Å². The summed E-state index contributed by atoms with van der Waals surface area (Å²) in [6, 6.07) is 18.7. The van der Waals surface area contributed by atoms with Crippen molar-refractivity contribution in [3.63, 3.8) is 0 Å². The molecule has 4 rings (SSSR count). The lowest BCUT2D eigenvalue weighted by Gasteiger charge is -2.08. The van der Waals surface area contributed by atoms with Crippen LogP contribution in [0.3, 0.4) is 0 Å². The van der Waals surface area contributed by atoms with Crippen LogP contribution in [0.1, 0.15) is 16.1 Å². The van der Waals surface area contributed by atoms with Gasteiger partial charge in [0.25, 0.3) is 11.5 Å². The summed E-state index contributed by atoms with van der Waals surface area (Å²) in [6.45, 7) is 0.282. The smallest absolute Gasteiger partial charge is 0.333 e. The van der Waals surface area contributed by atoms with Gasteiger partial charge in [0.2, 0.25) is 0 Å². The van der Waals surface area contributed by atoms with Crippen molar-refractivity contribution in [2.24, 2.45) is 0 Å². The highest BCUT2D eigenvalue weighted by atomic mass is 16.2. The van der Waals surface area contributed by atoms with E-state index in [0.29, 0.717) is 22.2 Å². The van der Waals surface area contributed by atoms with E-state index < -0.39 is 11.2 Å². The number of rotatable bonds is 4. The zero-order valence-corrected chi connectivity index (χ0v) is 14.8. The normalized spacial score (nSPS) is 10.7. The van der Waals surface area contributed by atoms with Crippen molar-refractivity contribution < 1.29 is 4.79 Å². The minimum atomic E-state index is -0.560. The van der Waals surface area contributed by atoms with Gasteiger partial charge in [-0.3, -0.25) is 14.6 Å². The molecular formula is C21H16N4O3. The molecular weight excluding hydrogens is 356 g/mol. The number of aromatic amines is 1. The van der Waals surface area contributed by atoms with Crippen molar-refractivity contribution in [3.05, 3.63) is 105 Å². The van der Waals surface area contributed by atoms with Gasteiger partial charge in [0, 0.05) is 11.8 Å². The Morgan fingerprint density at radius 3 is 2.54 bits per heavy atom. The molecule has 0 spiro atoms. The van der Waals surface area contributed by atoms with Crippen molar-refractivity contribution in [3.8, 4) is 5.69 Å². The van der Waals surface area contributed by atoms with Crippen molar-refractivity contribution in [2.45, 2.75) is 6.54 Å². The number of H-pyrrole nitrogens is 1. The van der Waals surface area contributed by atoms with E-state index in [9.17, 15) is 14.4 Å². The summed E-state index contributed by atoms with van der Waals surface area (Å²) in [7, 11) is 0. The van der Waals surface area contributed by atoms with Gasteiger partial charge in [-0.25, -0.2) is 9.36 Å². The highest BCUT2D eigenvalue weighted by Gasteiger charge is 2.12. The maximum absolute atomic E-state index is 12.8. The minimum absolute atomic E-state index is 0.282. The fourth-order valence-electron chi connectivity index (χ4n) is 2.95. The molecule has 1 amide bonds. The molecule has 0 bridgehead atoms. The second kappa shape index (κ2) is 7.32. The zero-order valence-electron chi connectivity index (χ0n) is 14.8. The Morgan fingerprint density at radius 1 is 1.00 bits per heavy atom. The van der Waals surface area contributed by atoms with E-state index in [4.69, 9.17) is 0 Å². The lowest BCUT2D eigenvalue weighted by atomic mass is 10.1. The SMILES string of the molecule is O=C(NCc1ccccn1)c1ccc2c(=O)n(-c3ccccc3)c(=O)[nH]c2c1. The summed E-state index contributed by atoms with van der Waals surface area (Å²) < 4.78 is 1.07. The molecule has 0 atom stereocenters. The largest absolute Gasteiger partial charge is 0.346 e. The Balaban J connectivity index is 1.67. The van der Waals surface area contributed by atoms with Crippen LogP contribution >= 0.6 is 0 Å². The number of carbonyl (C=O) groups is 1. The first-order valence-corrected chi connectivity index (χ1v) is 8.66. The number of benzene rings is 2. The van der Waals surface area contributed by atoms with Gasteiger partial charge in [-0.2, -0.15) is 0 Å². The molecule has 2 heterocycles. The van der Waals surface area contributed by atoms with Crippen LogP contribution in [0.25, 0.3) is 16.6 Å². The average Bonchev–Trinajstić information content (AvgIpc) is 2.73. The molecule has 0 aliphatic carbocycles. The fourth-order valence-corrected chi connectivity index (χ4v) is 2.95. The van der Waals surface area contributed by atoms with Gasteiger partial charge >= 0.3 is 5.69 Å². The predicted molar refractivity (Wildman–Crippen MR) is 106 cm³/mol. The molecule has 0 saturated heterocycles. The molecule has 0 saturated carbocycles. The number of nitrogens with zero attached hydrogens (tertiary/aromatic N) is 2. The van der Waals surface area contributed by atoms with Crippen LogP contribution in [-0.4, -0.2) is 20.4 Å². The third-order valence-corrected chi connectivity index (χ3v) is 4.33. The van der Waals surface area contributed by atoms with Gasteiger partial charge in [-0.15, -0.1) is 0 Å². The van der Waals surface area contributed by atoms with E-state index in [1.54, 1.807) is 54.7 Å². The zero-order chi connectivity index (χ0) is 19.5. The van der Waals surface area contributed by atoms with Gasteiger partial charge in [-0.1, -0.05) is 24.3 Å². The van der Waals surface area contributed by atoms with Crippen molar-refractivity contribution in [1.82, 2.24) is 19.9 Å². The lowest BCUT2D eigenvalue weighted by Crippen LogP contribution is -2.33. The Morgan fingerprint density at radius 2 is 1.79 bits per heavy atom. The second-order valence-corrected chi connectivity index (χ2v) is 6.17. The molecule has 7 heteroatoms. The number of amides is 1. The van der Waals surface area contributed by atoms with Crippen LogP contribution in [0, 0.1) is 0 Å². The second-order valence-electron chi connectivity index (χ2n) is 6.17. The molecule has 0 unspecified atom stereocenters.